The number of nitrogens with two attached hydrogens (primary N) is 1. The Morgan fingerprint density at radius 2 is 2.11 bits per heavy atom. The van der Waals surface area contributed by atoms with Crippen LogP contribution in [0.25, 0.3) is 0 Å². The number of rotatable bonds is 2. The largest absolute Gasteiger partial charge is 0.399 e. The molecule has 0 radical (unpaired) electrons. The lowest BCUT2D eigenvalue weighted by Gasteiger charge is -2.21. The van der Waals surface area contributed by atoms with Crippen LogP contribution in [-0.2, 0) is 9.59 Å². The van der Waals surface area contributed by atoms with Crippen molar-refractivity contribution >= 4 is 35.0 Å². The first-order chi connectivity index (χ1) is 8.95. The molecule has 0 saturated carbocycles. The number of imide groups is 1. The molecule has 0 bridgehead atoms. The standard InChI is InChI=1S/C12H12ClN3O3/c13-7-3-6(4-8(14)5-7)11(18)15-9-1-2-10(17)16-12(9)19/h3-5,9H,1-2,14H2,(H,15,18)(H,16,17,19). The fourth-order valence-corrected chi connectivity index (χ4v) is 2.06. The molecule has 3 amide bonds. The average Bonchev–Trinajstić information content (AvgIpc) is 2.31. The van der Waals surface area contributed by atoms with Crippen molar-refractivity contribution < 1.29 is 14.4 Å². The summed E-state index contributed by atoms with van der Waals surface area (Å²) >= 11 is 5.80. The highest BCUT2D eigenvalue weighted by Gasteiger charge is 2.28. The Labute approximate surface area is 114 Å². The number of carbonyl (C=O) groups is 3. The summed E-state index contributed by atoms with van der Waals surface area (Å²) < 4.78 is 0. The maximum atomic E-state index is 12.0. The molecule has 2 rings (SSSR count). The molecule has 1 aromatic rings. The highest BCUT2D eigenvalue weighted by Crippen LogP contribution is 2.17. The molecule has 1 aromatic carbocycles. The van der Waals surface area contributed by atoms with Crippen LogP contribution < -0.4 is 16.4 Å². The number of anilines is 1. The summed E-state index contributed by atoms with van der Waals surface area (Å²) in [5.41, 5.74) is 6.22. The van der Waals surface area contributed by atoms with Crippen molar-refractivity contribution in [2.45, 2.75) is 18.9 Å². The number of piperidine rings is 1. The van der Waals surface area contributed by atoms with Gasteiger partial charge in [-0.05, 0) is 24.6 Å². The van der Waals surface area contributed by atoms with Gasteiger partial charge in [-0.1, -0.05) is 11.6 Å². The summed E-state index contributed by atoms with van der Waals surface area (Å²) in [6.07, 6.45) is 0.487. The van der Waals surface area contributed by atoms with Gasteiger partial charge in [0, 0.05) is 22.7 Å². The van der Waals surface area contributed by atoms with E-state index in [4.69, 9.17) is 17.3 Å². The van der Waals surface area contributed by atoms with Gasteiger partial charge in [0.05, 0.1) is 0 Å². The van der Waals surface area contributed by atoms with Crippen LogP contribution in [0, 0.1) is 0 Å². The minimum Gasteiger partial charge on any atom is -0.399 e. The highest BCUT2D eigenvalue weighted by atomic mass is 35.5. The fourth-order valence-electron chi connectivity index (χ4n) is 1.82. The fraction of sp³-hybridized carbons (Fsp3) is 0.250. The summed E-state index contributed by atoms with van der Waals surface area (Å²) in [5.74, 6) is -1.29. The second-order valence-corrected chi connectivity index (χ2v) is 4.69. The molecule has 6 nitrogen and oxygen atoms in total. The minimum atomic E-state index is -0.717. The quantitative estimate of drug-likeness (QED) is 0.541. The lowest BCUT2D eigenvalue weighted by molar-refractivity contribution is -0.134. The average molecular weight is 282 g/mol. The number of amides is 3. The predicted molar refractivity (Wildman–Crippen MR) is 69.5 cm³/mol. The third-order valence-electron chi connectivity index (χ3n) is 2.73. The Morgan fingerprint density at radius 3 is 2.74 bits per heavy atom. The summed E-state index contributed by atoms with van der Waals surface area (Å²) in [6, 6.07) is 3.72. The molecule has 1 saturated heterocycles. The second-order valence-electron chi connectivity index (χ2n) is 4.25. The molecule has 1 aliphatic heterocycles. The van der Waals surface area contributed by atoms with E-state index in [1.54, 1.807) is 0 Å². The number of hydrogen-bond acceptors (Lipinski definition) is 4. The molecular formula is C12H12ClN3O3. The van der Waals surface area contributed by atoms with Crippen molar-refractivity contribution in [2.24, 2.45) is 0 Å². The van der Waals surface area contributed by atoms with Gasteiger partial charge < -0.3 is 11.1 Å². The molecule has 0 aliphatic carbocycles. The van der Waals surface area contributed by atoms with Gasteiger partial charge in [-0.15, -0.1) is 0 Å². The number of benzene rings is 1. The number of carbonyl (C=O) groups excluding carboxylic acids is 3. The first kappa shape index (κ1) is 13.4. The number of nitrogen functional groups attached to an aromatic ring is 1. The Hall–Kier alpha value is -2.08. The first-order valence-corrected chi connectivity index (χ1v) is 6.04. The van der Waals surface area contributed by atoms with Crippen molar-refractivity contribution in [3.05, 3.63) is 28.8 Å². The number of halogens is 1. The molecule has 1 fully saturated rings. The SMILES string of the molecule is Nc1cc(Cl)cc(C(=O)NC2CCC(=O)NC2=O)c1. The zero-order valence-electron chi connectivity index (χ0n) is 9.90. The second kappa shape index (κ2) is 5.27. The van der Waals surface area contributed by atoms with Crippen LogP contribution in [0.1, 0.15) is 23.2 Å². The van der Waals surface area contributed by atoms with Gasteiger partial charge in [-0.2, -0.15) is 0 Å². The van der Waals surface area contributed by atoms with E-state index < -0.39 is 17.9 Å². The number of nitrogens with one attached hydrogen (secondary N) is 2. The van der Waals surface area contributed by atoms with Gasteiger partial charge in [0.1, 0.15) is 6.04 Å². The van der Waals surface area contributed by atoms with Gasteiger partial charge in [-0.3, -0.25) is 19.7 Å². The summed E-state index contributed by atoms with van der Waals surface area (Å²) in [4.78, 5) is 34.4. The summed E-state index contributed by atoms with van der Waals surface area (Å²) in [5, 5.41) is 5.05. The predicted octanol–water partition coefficient (Wildman–Crippen LogP) is 0.457. The van der Waals surface area contributed by atoms with Crippen molar-refractivity contribution in [1.82, 2.24) is 10.6 Å². The van der Waals surface area contributed by atoms with Crippen molar-refractivity contribution in [3.63, 3.8) is 0 Å². The van der Waals surface area contributed by atoms with E-state index in [-0.39, 0.29) is 24.3 Å². The van der Waals surface area contributed by atoms with E-state index in [0.29, 0.717) is 10.7 Å². The number of hydrogen-bond donors (Lipinski definition) is 3. The molecule has 19 heavy (non-hydrogen) atoms. The van der Waals surface area contributed by atoms with Crippen LogP contribution in [0.4, 0.5) is 5.69 Å². The maximum absolute atomic E-state index is 12.0. The first-order valence-electron chi connectivity index (χ1n) is 5.66. The minimum absolute atomic E-state index is 0.203. The Balaban J connectivity index is 2.08. The third kappa shape index (κ3) is 3.23. The molecule has 1 atom stereocenters. The van der Waals surface area contributed by atoms with E-state index in [0.717, 1.165) is 0 Å². The normalized spacial score (nSPS) is 18.9. The highest BCUT2D eigenvalue weighted by molar-refractivity contribution is 6.31. The topological polar surface area (TPSA) is 101 Å². The van der Waals surface area contributed by atoms with Gasteiger partial charge >= 0.3 is 0 Å². The lowest BCUT2D eigenvalue weighted by Crippen LogP contribution is -2.52. The van der Waals surface area contributed by atoms with Crippen LogP contribution in [0.3, 0.4) is 0 Å². The molecule has 1 unspecified atom stereocenters. The van der Waals surface area contributed by atoms with E-state index in [1.165, 1.54) is 18.2 Å². The van der Waals surface area contributed by atoms with Crippen molar-refractivity contribution in [2.75, 3.05) is 5.73 Å². The molecule has 4 N–H and O–H groups in total. The molecular weight excluding hydrogens is 270 g/mol. The smallest absolute Gasteiger partial charge is 0.252 e. The van der Waals surface area contributed by atoms with Crippen LogP contribution in [0.2, 0.25) is 5.02 Å². The molecule has 1 heterocycles. The third-order valence-corrected chi connectivity index (χ3v) is 2.95. The molecule has 7 heteroatoms. The molecule has 0 spiro atoms. The van der Waals surface area contributed by atoms with Crippen LogP contribution >= 0.6 is 11.6 Å². The van der Waals surface area contributed by atoms with E-state index in [1.807, 2.05) is 0 Å². The molecule has 0 aromatic heterocycles. The Bertz CT molecular complexity index is 539. The maximum Gasteiger partial charge on any atom is 0.252 e. The summed E-state index contributed by atoms with van der Waals surface area (Å²) in [7, 11) is 0. The van der Waals surface area contributed by atoms with Gasteiger partial charge in [0.25, 0.3) is 5.91 Å². The summed E-state index contributed by atoms with van der Waals surface area (Å²) in [6.45, 7) is 0. The van der Waals surface area contributed by atoms with Crippen molar-refractivity contribution in [3.8, 4) is 0 Å². The van der Waals surface area contributed by atoms with E-state index in [9.17, 15) is 14.4 Å². The van der Waals surface area contributed by atoms with Crippen LogP contribution in [0.15, 0.2) is 18.2 Å². The van der Waals surface area contributed by atoms with Crippen molar-refractivity contribution in [1.29, 1.82) is 0 Å². The zero-order valence-corrected chi connectivity index (χ0v) is 10.7. The lowest BCUT2D eigenvalue weighted by atomic mass is 10.1. The van der Waals surface area contributed by atoms with E-state index >= 15 is 0 Å². The Kier molecular flexibility index (Phi) is 3.71. The Morgan fingerprint density at radius 1 is 1.37 bits per heavy atom. The molecule has 100 valence electrons. The monoisotopic (exact) mass is 281 g/mol. The van der Waals surface area contributed by atoms with E-state index in [2.05, 4.69) is 10.6 Å². The zero-order chi connectivity index (χ0) is 14.0. The van der Waals surface area contributed by atoms with Crippen LogP contribution in [0.5, 0.6) is 0 Å². The van der Waals surface area contributed by atoms with Gasteiger partial charge in [0.2, 0.25) is 11.8 Å². The van der Waals surface area contributed by atoms with Gasteiger partial charge in [-0.25, -0.2) is 0 Å². The van der Waals surface area contributed by atoms with Gasteiger partial charge in [0.15, 0.2) is 0 Å². The van der Waals surface area contributed by atoms with Crippen LogP contribution in [-0.4, -0.2) is 23.8 Å². The molecule has 1 aliphatic rings.